The molecule has 0 bridgehead atoms. The molecule has 65 valence electrons. The molecule has 12 heavy (non-hydrogen) atoms. The van der Waals surface area contributed by atoms with Crippen LogP contribution in [0.15, 0.2) is 18.2 Å². The van der Waals surface area contributed by atoms with Crippen LogP contribution in [0, 0.1) is 6.92 Å². The minimum absolute atomic E-state index is 0.243. The highest BCUT2D eigenvalue weighted by Crippen LogP contribution is 2.26. The summed E-state index contributed by atoms with van der Waals surface area (Å²) in [6, 6.07) is 5.62. The molecular weight excluding hydrogens is 148 g/mol. The Morgan fingerprint density at radius 3 is 2.58 bits per heavy atom. The number of phenolic OH excluding ortho intramolecular Hbond substituents is 1. The van der Waals surface area contributed by atoms with Gasteiger partial charge < -0.3 is 5.11 Å². The molecule has 0 spiro atoms. The first-order valence-electron chi connectivity index (χ1n) is 4.30. The SMILES string of the molecule is [CH2]C(C)c1cccc(O)c1CC. The van der Waals surface area contributed by atoms with Crippen molar-refractivity contribution < 1.29 is 5.11 Å². The van der Waals surface area contributed by atoms with Crippen LogP contribution >= 0.6 is 0 Å². The Morgan fingerprint density at radius 1 is 1.50 bits per heavy atom. The van der Waals surface area contributed by atoms with Gasteiger partial charge in [-0.15, -0.1) is 0 Å². The standard InChI is InChI=1S/C11H15O/c1-4-9-10(8(2)3)6-5-7-11(9)12/h5-8,12H,2,4H2,1,3H3. The van der Waals surface area contributed by atoms with E-state index in [9.17, 15) is 5.11 Å². The van der Waals surface area contributed by atoms with Crippen molar-refractivity contribution in [2.45, 2.75) is 26.2 Å². The summed E-state index contributed by atoms with van der Waals surface area (Å²) in [5, 5.41) is 9.51. The maximum Gasteiger partial charge on any atom is 0.119 e. The molecule has 1 nitrogen and oxygen atoms in total. The molecule has 1 atom stereocenters. The van der Waals surface area contributed by atoms with E-state index in [1.165, 1.54) is 0 Å². The summed E-state index contributed by atoms with van der Waals surface area (Å²) in [6.45, 7) is 8.03. The molecule has 1 heteroatoms. The van der Waals surface area contributed by atoms with E-state index in [1.54, 1.807) is 6.07 Å². The van der Waals surface area contributed by atoms with Crippen LogP contribution in [0.1, 0.15) is 30.9 Å². The van der Waals surface area contributed by atoms with Gasteiger partial charge in [-0.1, -0.05) is 26.0 Å². The lowest BCUT2D eigenvalue weighted by atomic mass is 9.95. The topological polar surface area (TPSA) is 20.2 Å². The second-order valence-electron chi connectivity index (χ2n) is 3.10. The van der Waals surface area contributed by atoms with Crippen LogP contribution in [0.3, 0.4) is 0 Å². The predicted octanol–water partition coefficient (Wildman–Crippen LogP) is 2.89. The Bertz CT molecular complexity index is 264. The Morgan fingerprint density at radius 2 is 2.17 bits per heavy atom. The molecule has 0 aliphatic carbocycles. The number of rotatable bonds is 2. The fourth-order valence-electron chi connectivity index (χ4n) is 1.44. The number of phenols is 1. The zero-order valence-corrected chi connectivity index (χ0v) is 7.67. The molecule has 0 aliphatic heterocycles. The maximum atomic E-state index is 9.51. The van der Waals surface area contributed by atoms with Crippen LogP contribution in [0.2, 0.25) is 0 Å². The molecule has 0 saturated heterocycles. The highest BCUT2D eigenvalue weighted by Gasteiger charge is 2.07. The molecule has 0 amide bonds. The van der Waals surface area contributed by atoms with Gasteiger partial charge in [-0.3, -0.25) is 0 Å². The van der Waals surface area contributed by atoms with Crippen molar-refractivity contribution in [3.05, 3.63) is 36.2 Å². The van der Waals surface area contributed by atoms with Crippen molar-refractivity contribution in [2.24, 2.45) is 0 Å². The van der Waals surface area contributed by atoms with Crippen LogP contribution in [-0.2, 0) is 6.42 Å². The molecule has 0 heterocycles. The van der Waals surface area contributed by atoms with Gasteiger partial charge in [0.25, 0.3) is 0 Å². The van der Waals surface area contributed by atoms with Crippen LogP contribution in [0.25, 0.3) is 0 Å². The molecule has 1 rings (SSSR count). The van der Waals surface area contributed by atoms with Crippen molar-refractivity contribution in [2.75, 3.05) is 0 Å². The van der Waals surface area contributed by atoms with E-state index in [0.717, 1.165) is 17.5 Å². The number of aromatic hydroxyl groups is 1. The number of benzene rings is 1. The van der Waals surface area contributed by atoms with Gasteiger partial charge in [-0.2, -0.15) is 0 Å². The highest BCUT2D eigenvalue weighted by atomic mass is 16.3. The number of hydrogen-bond donors (Lipinski definition) is 1. The second-order valence-corrected chi connectivity index (χ2v) is 3.10. The second kappa shape index (κ2) is 3.61. The molecule has 1 N–H and O–H groups in total. The smallest absolute Gasteiger partial charge is 0.119 e. The lowest BCUT2D eigenvalue weighted by Crippen LogP contribution is -1.95. The Hall–Kier alpha value is -0.980. The Kier molecular flexibility index (Phi) is 2.74. The third-order valence-corrected chi connectivity index (χ3v) is 2.07. The van der Waals surface area contributed by atoms with Crippen molar-refractivity contribution in [3.63, 3.8) is 0 Å². The van der Waals surface area contributed by atoms with Gasteiger partial charge in [0.15, 0.2) is 0 Å². The lowest BCUT2D eigenvalue weighted by molar-refractivity contribution is 0.467. The monoisotopic (exact) mass is 163 g/mol. The highest BCUT2D eigenvalue weighted by molar-refractivity contribution is 5.41. The fraction of sp³-hybridized carbons (Fsp3) is 0.364. The molecular formula is C11H15O. The van der Waals surface area contributed by atoms with Gasteiger partial charge in [-0.05, 0) is 36.5 Å². The summed E-state index contributed by atoms with van der Waals surface area (Å²) in [5.74, 6) is 0.637. The van der Waals surface area contributed by atoms with Gasteiger partial charge in [0.05, 0.1) is 0 Å². The molecule has 0 aliphatic rings. The molecule has 1 aromatic rings. The molecule has 0 saturated carbocycles. The van der Waals surface area contributed by atoms with E-state index in [1.807, 2.05) is 26.0 Å². The van der Waals surface area contributed by atoms with Crippen LogP contribution < -0.4 is 0 Å². The minimum atomic E-state index is 0.243. The zero-order chi connectivity index (χ0) is 9.14. The van der Waals surface area contributed by atoms with Crippen molar-refractivity contribution >= 4 is 0 Å². The largest absolute Gasteiger partial charge is 0.508 e. The van der Waals surface area contributed by atoms with Crippen molar-refractivity contribution in [1.82, 2.24) is 0 Å². The summed E-state index contributed by atoms with van der Waals surface area (Å²) in [4.78, 5) is 0. The van der Waals surface area contributed by atoms with E-state index >= 15 is 0 Å². The summed E-state index contributed by atoms with van der Waals surface area (Å²) >= 11 is 0. The van der Waals surface area contributed by atoms with E-state index < -0.39 is 0 Å². The first-order chi connectivity index (χ1) is 5.66. The lowest BCUT2D eigenvalue weighted by Gasteiger charge is -2.12. The van der Waals surface area contributed by atoms with Gasteiger partial charge in [0.2, 0.25) is 0 Å². The third-order valence-electron chi connectivity index (χ3n) is 2.07. The first-order valence-corrected chi connectivity index (χ1v) is 4.30. The molecule has 0 aromatic heterocycles. The summed E-state index contributed by atoms with van der Waals surface area (Å²) in [5.41, 5.74) is 2.18. The van der Waals surface area contributed by atoms with Crippen molar-refractivity contribution in [1.29, 1.82) is 0 Å². The number of hydrogen-bond acceptors (Lipinski definition) is 1. The zero-order valence-electron chi connectivity index (χ0n) is 7.67. The van der Waals surface area contributed by atoms with Gasteiger partial charge in [0, 0.05) is 0 Å². The molecule has 0 fully saturated rings. The van der Waals surface area contributed by atoms with E-state index in [-0.39, 0.29) is 5.92 Å². The van der Waals surface area contributed by atoms with Gasteiger partial charge in [-0.25, -0.2) is 0 Å². The summed E-state index contributed by atoms with van der Waals surface area (Å²) in [7, 11) is 0. The fourth-order valence-corrected chi connectivity index (χ4v) is 1.44. The molecule has 1 unspecified atom stereocenters. The Balaban J connectivity index is 3.18. The predicted molar refractivity (Wildman–Crippen MR) is 51.3 cm³/mol. The minimum Gasteiger partial charge on any atom is -0.508 e. The van der Waals surface area contributed by atoms with E-state index in [0.29, 0.717) is 5.75 Å². The van der Waals surface area contributed by atoms with Gasteiger partial charge >= 0.3 is 0 Å². The normalized spacial score (nSPS) is 10.7. The van der Waals surface area contributed by atoms with Gasteiger partial charge in [0.1, 0.15) is 5.75 Å². The average molecular weight is 163 g/mol. The Labute approximate surface area is 74.1 Å². The summed E-state index contributed by atoms with van der Waals surface area (Å²) < 4.78 is 0. The maximum absolute atomic E-state index is 9.51. The van der Waals surface area contributed by atoms with E-state index in [2.05, 4.69) is 6.92 Å². The van der Waals surface area contributed by atoms with Crippen LogP contribution in [0.4, 0.5) is 0 Å². The van der Waals surface area contributed by atoms with Crippen LogP contribution in [-0.4, -0.2) is 5.11 Å². The quantitative estimate of drug-likeness (QED) is 0.710. The molecule has 1 radical (unpaired) electrons. The van der Waals surface area contributed by atoms with Crippen LogP contribution in [0.5, 0.6) is 5.75 Å². The van der Waals surface area contributed by atoms with Crippen molar-refractivity contribution in [3.8, 4) is 5.75 Å². The average Bonchev–Trinajstić information content (AvgIpc) is 2.03. The third kappa shape index (κ3) is 1.60. The molecule has 1 aromatic carbocycles. The van der Waals surface area contributed by atoms with E-state index in [4.69, 9.17) is 0 Å². The first kappa shape index (κ1) is 9.11. The summed E-state index contributed by atoms with van der Waals surface area (Å²) in [6.07, 6.45) is 0.863.